The molecule has 0 spiro atoms. The van der Waals surface area contributed by atoms with E-state index in [-0.39, 0.29) is 17.5 Å². The normalized spacial score (nSPS) is 16.2. The number of nitrogens with one attached hydrogen (secondary N) is 1. The quantitative estimate of drug-likeness (QED) is 0.434. The Bertz CT molecular complexity index is 445. The van der Waals surface area contributed by atoms with Gasteiger partial charge in [-0.2, -0.15) is 4.79 Å². The number of nitrogens with zero attached hydrogens (tertiary/aromatic N) is 2. The van der Waals surface area contributed by atoms with Crippen molar-refractivity contribution in [3.8, 4) is 0 Å². The fourth-order valence-corrected chi connectivity index (χ4v) is 1.46. The molecule has 0 saturated heterocycles. The molecule has 0 aliphatic heterocycles. The highest BCUT2D eigenvalue weighted by molar-refractivity contribution is 6.46. The van der Waals surface area contributed by atoms with E-state index in [9.17, 15) is 9.59 Å². The van der Waals surface area contributed by atoms with Gasteiger partial charge in [-0.15, -0.1) is 0 Å². The molecule has 1 atom stereocenters. The molecule has 0 fully saturated rings. The summed E-state index contributed by atoms with van der Waals surface area (Å²) in [7, 11) is 0. The minimum absolute atomic E-state index is 0.00506. The van der Waals surface area contributed by atoms with Crippen molar-refractivity contribution >= 4 is 17.6 Å². The highest BCUT2D eigenvalue weighted by Gasteiger charge is 2.18. The van der Waals surface area contributed by atoms with Gasteiger partial charge in [0.25, 0.3) is 5.78 Å². The second-order valence-corrected chi connectivity index (χ2v) is 3.79. The molecule has 1 amide bonds. The summed E-state index contributed by atoms with van der Waals surface area (Å²) in [6, 6.07) is -0.176. The van der Waals surface area contributed by atoms with Crippen molar-refractivity contribution in [2.45, 2.75) is 25.8 Å². The van der Waals surface area contributed by atoms with E-state index >= 15 is 0 Å². The van der Waals surface area contributed by atoms with Crippen LogP contribution in [-0.2, 0) is 4.79 Å². The molecule has 6 heteroatoms. The van der Waals surface area contributed by atoms with Crippen LogP contribution in [0, 0.1) is 0 Å². The zero-order chi connectivity index (χ0) is 12.8. The molecule has 0 aromatic carbocycles. The second-order valence-electron chi connectivity index (χ2n) is 3.79. The summed E-state index contributed by atoms with van der Waals surface area (Å²) in [6.07, 6.45) is 4.64. The Morgan fingerprint density at radius 1 is 1.59 bits per heavy atom. The Kier molecular flexibility index (Phi) is 4.37. The van der Waals surface area contributed by atoms with Gasteiger partial charge in [0.15, 0.2) is 0 Å². The highest BCUT2D eigenvalue weighted by atomic mass is 16.4. The Balaban J connectivity index is 2.50. The van der Waals surface area contributed by atoms with Gasteiger partial charge >= 0.3 is 11.8 Å². The van der Waals surface area contributed by atoms with E-state index in [1.54, 1.807) is 13.0 Å². The van der Waals surface area contributed by atoms with Gasteiger partial charge in [0, 0.05) is 12.1 Å². The number of carbonyl (C=O) groups is 2. The number of carbonyl (C=O) groups excluding carboxylic acids is 1. The summed E-state index contributed by atoms with van der Waals surface area (Å²) in [5, 5.41) is 10.8. The topological polar surface area (TPSA) is 103 Å². The smallest absolute Gasteiger partial charge is 0.404 e. The maximum atomic E-state index is 11.3. The molecule has 0 aromatic rings. The van der Waals surface area contributed by atoms with Gasteiger partial charge < -0.3 is 16.0 Å². The largest absolute Gasteiger partial charge is 0.465 e. The molecule has 1 aliphatic rings. The molecule has 1 aliphatic carbocycles. The summed E-state index contributed by atoms with van der Waals surface area (Å²) < 4.78 is 0. The number of rotatable bonds is 4. The first-order valence-electron chi connectivity index (χ1n) is 5.17. The zero-order valence-corrected chi connectivity index (χ0v) is 9.38. The number of ketones is 1. The van der Waals surface area contributed by atoms with Crippen LogP contribution >= 0.6 is 0 Å². The van der Waals surface area contributed by atoms with Crippen LogP contribution in [0.1, 0.15) is 19.8 Å². The van der Waals surface area contributed by atoms with E-state index in [0.29, 0.717) is 12.8 Å². The lowest BCUT2D eigenvalue weighted by Crippen LogP contribution is -2.31. The number of hydrogen-bond acceptors (Lipinski definition) is 2. The van der Waals surface area contributed by atoms with Crippen LogP contribution in [0.4, 0.5) is 4.79 Å². The zero-order valence-electron chi connectivity index (χ0n) is 9.38. The number of hydrogen-bond donors (Lipinski definition) is 2. The van der Waals surface area contributed by atoms with Gasteiger partial charge in [-0.05, 0) is 31.4 Å². The standard InChI is InChI=1S/C11H13N3O3/c1-7(13-11(16)17)2-3-8-4-5-9(14-12)10(15)6-8/h4-7,13H,2-3H2,1H3,(H,16,17). The van der Waals surface area contributed by atoms with Crippen molar-refractivity contribution in [2.24, 2.45) is 0 Å². The fourth-order valence-electron chi connectivity index (χ4n) is 1.46. The van der Waals surface area contributed by atoms with E-state index < -0.39 is 6.09 Å². The lowest BCUT2D eigenvalue weighted by molar-refractivity contribution is -0.112. The van der Waals surface area contributed by atoms with E-state index in [1.165, 1.54) is 12.2 Å². The second kappa shape index (κ2) is 5.77. The molecule has 17 heavy (non-hydrogen) atoms. The molecular formula is C11H13N3O3. The van der Waals surface area contributed by atoms with E-state index in [0.717, 1.165) is 5.57 Å². The summed E-state index contributed by atoms with van der Waals surface area (Å²) in [4.78, 5) is 24.5. The molecule has 0 radical (unpaired) electrons. The minimum Gasteiger partial charge on any atom is -0.465 e. The molecule has 0 bridgehead atoms. The SMILES string of the molecule is CC(CCC1=CC(=O)C(=[N+]=[N-])C=C1)NC(=O)O. The molecule has 6 nitrogen and oxygen atoms in total. The average Bonchev–Trinajstić information content (AvgIpc) is 2.25. The molecule has 1 unspecified atom stereocenters. The van der Waals surface area contributed by atoms with Gasteiger partial charge in [-0.1, -0.05) is 6.08 Å². The average molecular weight is 235 g/mol. The molecular weight excluding hydrogens is 222 g/mol. The van der Waals surface area contributed by atoms with Crippen molar-refractivity contribution in [3.05, 3.63) is 29.3 Å². The van der Waals surface area contributed by atoms with E-state index in [1.807, 2.05) is 0 Å². The first-order valence-corrected chi connectivity index (χ1v) is 5.17. The van der Waals surface area contributed by atoms with E-state index in [4.69, 9.17) is 10.6 Å². The van der Waals surface area contributed by atoms with Crippen molar-refractivity contribution in [1.82, 2.24) is 5.32 Å². The van der Waals surface area contributed by atoms with Crippen molar-refractivity contribution in [1.29, 1.82) is 0 Å². The van der Waals surface area contributed by atoms with Crippen molar-refractivity contribution in [3.63, 3.8) is 0 Å². The fraction of sp³-hybridized carbons (Fsp3) is 0.364. The van der Waals surface area contributed by atoms with Gasteiger partial charge in [0.2, 0.25) is 0 Å². The monoisotopic (exact) mass is 235 g/mol. The van der Waals surface area contributed by atoms with Crippen LogP contribution in [0.15, 0.2) is 23.8 Å². The summed E-state index contributed by atoms with van der Waals surface area (Å²) in [6.45, 7) is 1.75. The maximum absolute atomic E-state index is 11.3. The molecule has 90 valence electrons. The van der Waals surface area contributed by atoms with Crippen LogP contribution in [-0.4, -0.2) is 33.5 Å². The molecule has 0 aromatic heterocycles. The number of carboxylic acid groups (broad SMARTS) is 1. The van der Waals surface area contributed by atoms with Crippen LogP contribution < -0.4 is 5.32 Å². The third-order valence-electron chi connectivity index (χ3n) is 2.37. The van der Waals surface area contributed by atoms with Crippen LogP contribution in [0.25, 0.3) is 5.53 Å². The first-order chi connectivity index (χ1) is 8.02. The lowest BCUT2D eigenvalue weighted by atomic mass is 9.99. The molecule has 1 rings (SSSR count). The van der Waals surface area contributed by atoms with Crippen LogP contribution in [0.3, 0.4) is 0 Å². The number of allylic oxidation sites excluding steroid dienone is 4. The Morgan fingerprint density at radius 2 is 2.29 bits per heavy atom. The van der Waals surface area contributed by atoms with Gasteiger partial charge in [0.05, 0.1) is 0 Å². The Hall–Kier alpha value is -2.20. The highest BCUT2D eigenvalue weighted by Crippen LogP contribution is 2.13. The van der Waals surface area contributed by atoms with Gasteiger partial charge in [-0.25, -0.2) is 4.79 Å². The Morgan fingerprint density at radius 3 is 2.82 bits per heavy atom. The van der Waals surface area contributed by atoms with E-state index in [2.05, 4.69) is 10.1 Å². The van der Waals surface area contributed by atoms with Crippen LogP contribution in [0.5, 0.6) is 0 Å². The molecule has 2 N–H and O–H groups in total. The van der Waals surface area contributed by atoms with Crippen molar-refractivity contribution in [2.75, 3.05) is 0 Å². The molecule has 0 heterocycles. The van der Waals surface area contributed by atoms with Gasteiger partial charge in [-0.3, -0.25) is 4.79 Å². The third kappa shape index (κ3) is 4.04. The predicted octanol–water partition coefficient (Wildman–Crippen LogP) is 1.16. The first kappa shape index (κ1) is 12.9. The predicted molar refractivity (Wildman–Crippen MR) is 60.7 cm³/mol. The summed E-state index contributed by atoms with van der Waals surface area (Å²) in [5.74, 6) is -0.344. The van der Waals surface area contributed by atoms with Gasteiger partial charge in [0.1, 0.15) is 0 Å². The minimum atomic E-state index is -1.06. The van der Waals surface area contributed by atoms with Crippen LogP contribution in [0.2, 0.25) is 0 Å². The summed E-state index contributed by atoms with van der Waals surface area (Å²) >= 11 is 0. The lowest BCUT2D eigenvalue weighted by Gasteiger charge is -2.11. The Labute approximate surface area is 98.3 Å². The number of amides is 1. The maximum Gasteiger partial charge on any atom is 0.404 e. The molecule has 0 saturated carbocycles. The van der Waals surface area contributed by atoms with Crippen molar-refractivity contribution < 1.29 is 19.5 Å². The third-order valence-corrected chi connectivity index (χ3v) is 2.37. The summed E-state index contributed by atoms with van der Waals surface area (Å²) in [5.41, 5.74) is 9.27.